The van der Waals surface area contributed by atoms with Gasteiger partial charge in [-0.25, -0.2) is 0 Å². The topological polar surface area (TPSA) is 57.4 Å². The normalized spacial score (nSPS) is 11.4. The number of nitrogen functional groups attached to an aromatic ring is 1. The maximum Gasteiger partial charge on any atom is 0.241 e. The van der Waals surface area contributed by atoms with Crippen molar-refractivity contribution < 1.29 is 9.47 Å². The van der Waals surface area contributed by atoms with Gasteiger partial charge in [-0.15, -0.1) is 0 Å². The van der Waals surface area contributed by atoms with Crippen molar-refractivity contribution in [2.45, 2.75) is 71.8 Å². The maximum atomic E-state index is 5.88. The molecule has 4 nitrogen and oxygen atoms in total. The summed E-state index contributed by atoms with van der Waals surface area (Å²) < 4.78 is 11.4. The number of hydrogen-bond acceptors (Lipinski definition) is 4. The van der Waals surface area contributed by atoms with E-state index in [4.69, 9.17) is 15.2 Å². The van der Waals surface area contributed by atoms with Crippen LogP contribution in [-0.4, -0.2) is 17.2 Å². The summed E-state index contributed by atoms with van der Waals surface area (Å²) >= 11 is 0. The minimum absolute atomic E-state index is 0.320. The summed E-state index contributed by atoms with van der Waals surface area (Å²) in [7, 11) is 0. The molecule has 1 rings (SSSR count). The van der Waals surface area contributed by atoms with Gasteiger partial charge in [0.25, 0.3) is 0 Å². The van der Waals surface area contributed by atoms with Gasteiger partial charge < -0.3 is 15.2 Å². The summed E-state index contributed by atoms with van der Waals surface area (Å²) in [6.45, 7) is 8.83. The van der Waals surface area contributed by atoms with Crippen LogP contribution in [0.1, 0.15) is 66.2 Å². The molecule has 0 fully saturated rings. The van der Waals surface area contributed by atoms with Gasteiger partial charge in [0.1, 0.15) is 5.60 Å². The molecule has 0 atom stereocenters. The Labute approximate surface area is 129 Å². The number of ether oxygens (including phenoxy) is 2. The van der Waals surface area contributed by atoms with Crippen LogP contribution in [0, 0.1) is 0 Å². The Bertz CT molecular complexity index is 414. The third-order valence-corrected chi connectivity index (χ3v) is 3.01. The molecule has 0 bridgehead atoms. The van der Waals surface area contributed by atoms with Gasteiger partial charge >= 0.3 is 0 Å². The predicted octanol–water partition coefficient (Wildman–Crippen LogP) is 4.58. The molecule has 1 heterocycles. The van der Waals surface area contributed by atoms with Gasteiger partial charge in [0.05, 0.1) is 12.3 Å². The summed E-state index contributed by atoms with van der Waals surface area (Å²) in [4.78, 5) is 4.34. The number of aromatic nitrogens is 1. The van der Waals surface area contributed by atoms with Crippen LogP contribution in [0.2, 0.25) is 0 Å². The molecule has 0 aliphatic carbocycles. The molecule has 0 aliphatic rings. The van der Waals surface area contributed by atoms with Crippen molar-refractivity contribution in [3.63, 3.8) is 0 Å². The van der Waals surface area contributed by atoms with Gasteiger partial charge in [0, 0.05) is 6.07 Å². The van der Waals surface area contributed by atoms with Gasteiger partial charge in [0.2, 0.25) is 11.8 Å². The van der Waals surface area contributed by atoms with Crippen LogP contribution in [0.25, 0.3) is 0 Å². The Morgan fingerprint density at radius 3 is 2.38 bits per heavy atom. The van der Waals surface area contributed by atoms with Crippen molar-refractivity contribution in [2.75, 3.05) is 12.3 Å². The summed E-state index contributed by atoms with van der Waals surface area (Å²) in [5.41, 5.74) is 6.09. The van der Waals surface area contributed by atoms with Gasteiger partial charge in [0.15, 0.2) is 0 Å². The molecule has 120 valence electrons. The lowest BCUT2D eigenvalue weighted by Crippen LogP contribution is -2.24. The lowest BCUT2D eigenvalue weighted by Gasteiger charge is -2.21. The van der Waals surface area contributed by atoms with Crippen molar-refractivity contribution in [1.29, 1.82) is 0 Å². The Morgan fingerprint density at radius 1 is 1.05 bits per heavy atom. The second-order valence-electron chi connectivity index (χ2n) is 6.37. The molecule has 0 saturated carbocycles. The van der Waals surface area contributed by atoms with E-state index in [1.165, 1.54) is 32.1 Å². The van der Waals surface area contributed by atoms with Crippen LogP contribution >= 0.6 is 0 Å². The lowest BCUT2D eigenvalue weighted by atomic mass is 10.1. The highest BCUT2D eigenvalue weighted by Crippen LogP contribution is 2.25. The first-order chi connectivity index (χ1) is 9.92. The Balaban J connectivity index is 2.37. The average molecular weight is 294 g/mol. The van der Waals surface area contributed by atoms with E-state index in [-0.39, 0.29) is 5.60 Å². The quantitative estimate of drug-likeness (QED) is 0.677. The zero-order chi connectivity index (χ0) is 15.7. The first-order valence-electron chi connectivity index (χ1n) is 8.00. The molecule has 0 amide bonds. The SMILES string of the molecule is CCCCCCCCOc1ccc(N)c(OC(C)(C)C)n1. The number of nitrogens with zero attached hydrogens (tertiary/aromatic N) is 1. The minimum Gasteiger partial charge on any atom is -0.478 e. The standard InChI is InChI=1S/C17H30N2O2/c1-5-6-7-8-9-10-13-20-15-12-11-14(18)16(19-15)21-17(2,3)4/h11-12H,5-10,13,18H2,1-4H3. The van der Waals surface area contributed by atoms with Gasteiger partial charge in [-0.1, -0.05) is 39.0 Å². The van der Waals surface area contributed by atoms with Crippen LogP contribution in [0.3, 0.4) is 0 Å². The number of rotatable bonds is 9. The predicted molar refractivity (Wildman–Crippen MR) is 87.9 cm³/mol. The van der Waals surface area contributed by atoms with Crippen LogP contribution in [0.15, 0.2) is 12.1 Å². The van der Waals surface area contributed by atoms with Crippen molar-refractivity contribution >= 4 is 5.69 Å². The first kappa shape index (κ1) is 17.6. The molecule has 2 N–H and O–H groups in total. The number of unbranched alkanes of at least 4 members (excludes halogenated alkanes) is 5. The van der Waals surface area contributed by atoms with Crippen molar-refractivity contribution in [3.8, 4) is 11.8 Å². The van der Waals surface area contributed by atoms with Crippen molar-refractivity contribution in [2.24, 2.45) is 0 Å². The zero-order valence-electron chi connectivity index (χ0n) is 13.9. The smallest absolute Gasteiger partial charge is 0.241 e. The maximum absolute atomic E-state index is 5.88. The molecule has 0 spiro atoms. The number of anilines is 1. The third-order valence-electron chi connectivity index (χ3n) is 3.01. The molecule has 0 aromatic carbocycles. The number of pyridine rings is 1. The molecule has 0 radical (unpaired) electrons. The van der Waals surface area contributed by atoms with E-state index in [2.05, 4.69) is 11.9 Å². The van der Waals surface area contributed by atoms with E-state index >= 15 is 0 Å². The fraction of sp³-hybridized carbons (Fsp3) is 0.706. The molecule has 1 aromatic rings. The fourth-order valence-electron chi connectivity index (χ4n) is 1.95. The highest BCUT2D eigenvalue weighted by Gasteiger charge is 2.15. The van der Waals surface area contributed by atoms with Crippen LogP contribution in [0.4, 0.5) is 5.69 Å². The van der Waals surface area contributed by atoms with Crippen molar-refractivity contribution in [3.05, 3.63) is 12.1 Å². The van der Waals surface area contributed by atoms with Gasteiger partial charge in [-0.3, -0.25) is 0 Å². The number of hydrogen-bond donors (Lipinski definition) is 1. The van der Waals surface area contributed by atoms with Gasteiger partial charge in [-0.05, 0) is 33.3 Å². The average Bonchev–Trinajstić information content (AvgIpc) is 2.39. The first-order valence-corrected chi connectivity index (χ1v) is 8.00. The molecule has 1 aromatic heterocycles. The largest absolute Gasteiger partial charge is 0.478 e. The third kappa shape index (κ3) is 7.78. The van der Waals surface area contributed by atoms with E-state index in [0.29, 0.717) is 24.1 Å². The van der Waals surface area contributed by atoms with Gasteiger partial charge in [-0.2, -0.15) is 4.98 Å². The summed E-state index contributed by atoms with van der Waals surface area (Å²) in [5.74, 6) is 1.03. The molecular formula is C17H30N2O2. The Morgan fingerprint density at radius 2 is 1.71 bits per heavy atom. The molecular weight excluding hydrogens is 264 g/mol. The van der Waals surface area contributed by atoms with E-state index in [0.717, 1.165) is 6.42 Å². The minimum atomic E-state index is -0.320. The van der Waals surface area contributed by atoms with E-state index in [9.17, 15) is 0 Å². The molecule has 0 unspecified atom stereocenters. The monoisotopic (exact) mass is 294 g/mol. The second kappa shape index (κ2) is 8.75. The summed E-state index contributed by atoms with van der Waals surface area (Å²) in [5, 5.41) is 0. The number of nitrogens with two attached hydrogens (primary N) is 1. The summed E-state index contributed by atoms with van der Waals surface area (Å²) in [6.07, 6.45) is 7.48. The fourth-order valence-corrected chi connectivity index (χ4v) is 1.95. The second-order valence-corrected chi connectivity index (χ2v) is 6.37. The highest BCUT2D eigenvalue weighted by molar-refractivity contribution is 5.49. The van der Waals surface area contributed by atoms with Crippen LogP contribution in [0.5, 0.6) is 11.8 Å². The summed E-state index contributed by atoms with van der Waals surface area (Å²) in [6, 6.07) is 3.58. The molecule has 0 aliphatic heterocycles. The Hall–Kier alpha value is -1.45. The van der Waals surface area contributed by atoms with E-state index in [1.54, 1.807) is 12.1 Å². The van der Waals surface area contributed by atoms with E-state index < -0.39 is 0 Å². The van der Waals surface area contributed by atoms with Crippen molar-refractivity contribution in [1.82, 2.24) is 4.98 Å². The zero-order valence-corrected chi connectivity index (χ0v) is 13.9. The Kier molecular flexibility index (Phi) is 7.34. The molecule has 0 saturated heterocycles. The van der Waals surface area contributed by atoms with E-state index in [1.807, 2.05) is 20.8 Å². The highest BCUT2D eigenvalue weighted by atomic mass is 16.5. The van der Waals surface area contributed by atoms with Crippen LogP contribution in [-0.2, 0) is 0 Å². The molecule has 4 heteroatoms. The van der Waals surface area contributed by atoms with Crippen LogP contribution < -0.4 is 15.2 Å². The molecule has 21 heavy (non-hydrogen) atoms. The lowest BCUT2D eigenvalue weighted by molar-refractivity contribution is 0.123.